The third-order valence-corrected chi connectivity index (χ3v) is 4.81. The summed E-state index contributed by atoms with van der Waals surface area (Å²) in [5.74, 6) is 0.130. The van der Waals surface area contributed by atoms with Crippen LogP contribution in [-0.4, -0.2) is 84.7 Å². The highest BCUT2D eigenvalue weighted by atomic mass is 16.5. The van der Waals surface area contributed by atoms with E-state index in [1.54, 1.807) is 4.90 Å². The molecule has 0 bridgehead atoms. The van der Waals surface area contributed by atoms with Crippen LogP contribution in [0, 0.1) is 0 Å². The lowest BCUT2D eigenvalue weighted by molar-refractivity contribution is -0.138. The van der Waals surface area contributed by atoms with Gasteiger partial charge in [-0.3, -0.25) is 9.69 Å². The molecule has 0 spiro atoms. The van der Waals surface area contributed by atoms with Gasteiger partial charge in [0.2, 0.25) is 5.91 Å². The number of hydrogen-bond donors (Lipinski definition) is 1. The van der Waals surface area contributed by atoms with E-state index < -0.39 is 0 Å². The highest BCUT2D eigenvalue weighted by Gasteiger charge is 2.30. The van der Waals surface area contributed by atoms with Gasteiger partial charge in [-0.2, -0.15) is 0 Å². The molecule has 0 radical (unpaired) electrons. The minimum atomic E-state index is -0.202. The Bertz CT molecular complexity index is 627. The SMILES string of the molecule is CC1(C)CN(CC(=O)N2CCN(C(=O)Nc3ccccc3)CC2)CCO1. The lowest BCUT2D eigenvalue weighted by Gasteiger charge is -2.39. The van der Waals surface area contributed by atoms with Gasteiger partial charge in [0.25, 0.3) is 0 Å². The first-order valence-corrected chi connectivity index (χ1v) is 9.18. The normalized spacial score (nSPS) is 20.7. The zero-order valence-corrected chi connectivity index (χ0v) is 15.6. The van der Waals surface area contributed by atoms with Gasteiger partial charge in [-0.1, -0.05) is 18.2 Å². The first-order chi connectivity index (χ1) is 12.4. The fraction of sp³-hybridized carbons (Fsp3) is 0.579. The molecule has 3 rings (SSSR count). The number of rotatable bonds is 3. The number of nitrogens with one attached hydrogen (secondary N) is 1. The lowest BCUT2D eigenvalue weighted by Crippen LogP contribution is -2.55. The molecule has 1 aromatic carbocycles. The highest BCUT2D eigenvalue weighted by Crippen LogP contribution is 2.16. The van der Waals surface area contributed by atoms with Crippen LogP contribution in [0.1, 0.15) is 13.8 Å². The second-order valence-corrected chi connectivity index (χ2v) is 7.48. The number of carbonyl (C=O) groups excluding carboxylic acids is 2. The molecule has 0 aromatic heterocycles. The van der Waals surface area contributed by atoms with Gasteiger partial charge < -0.3 is 19.9 Å². The van der Waals surface area contributed by atoms with Crippen LogP contribution in [0.2, 0.25) is 0 Å². The van der Waals surface area contributed by atoms with E-state index in [0.717, 1.165) is 18.8 Å². The minimum absolute atomic E-state index is 0.113. The van der Waals surface area contributed by atoms with E-state index in [-0.39, 0.29) is 17.5 Å². The quantitative estimate of drug-likeness (QED) is 0.887. The largest absolute Gasteiger partial charge is 0.373 e. The highest BCUT2D eigenvalue weighted by molar-refractivity contribution is 5.89. The molecule has 7 heteroatoms. The number of piperazine rings is 1. The zero-order chi connectivity index (χ0) is 18.6. The number of benzene rings is 1. The Hall–Kier alpha value is -2.12. The van der Waals surface area contributed by atoms with Crippen molar-refractivity contribution in [2.75, 3.05) is 57.7 Å². The van der Waals surface area contributed by atoms with Gasteiger partial charge in [0.15, 0.2) is 0 Å². The summed E-state index contributed by atoms with van der Waals surface area (Å²) < 4.78 is 5.69. The van der Waals surface area contributed by atoms with Gasteiger partial charge in [-0.05, 0) is 26.0 Å². The molecule has 1 N–H and O–H groups in total. The molecule has 2 heterocycles. The van der Waals surface area contributed by atoms with Crippen molar-refractivity contribution in [1.29, 1.82) is 0 Å². The summed E-state index contributed by atoms with van der Waals surface area (Å²) in [4.78, 5) is 30.7. The molecular formula is C19H28N4O3. The molecule has 2 fully saturated rings. The molecule has 3 amide bonds. The van der Waals surface area contributed by atoms with Gasteiger partial charge >= 0.3 is 6.03 Å². The number of para-hydroxylation sites is 1. The monoisotopic (exact) mass is 360 g/mol. The summed E-state index contributed by atoms with van der Waals surface area (Å²) >= 11 is 0. The third kappa shape index (κ3) is 4.95. The molecule has 7 nitrogen and oxygen atoms in total. The maximum Gasteiger partial charge on any atom is 0.321 e. The minimum Gasteiger partial charge on any atom is -0.373 e. The summed E-state index contributed by atoms with van der Waals surface area (Å²) in [6.45, 7) is 8.99. The Kier molecular flexibility index (Phi) is 5.78. The van der Waals surface area contributed by atoms with Crippen molar-refractivity contribution in [3.05, 3.63) is 30.3 Å². The molecule has 142 valence electrons. The van der Waals surface area contributed by atoms with E-state index >= 15 is 0 Å². The summed E-state index contributed by atoms with van der Waals surface area (Å²) in [6.07, 6.45) is 0. The molecule has 2 saturated heterocycles. The average Bonchev–Trinajstić information content (AvgIpc) is 2.62. The van der Waals surface area contributed by atoms with E-state index in [2.05, 4.69) is 10.2 Å². The standard InChI is InChI=1S/C19H28N4O3/c1-19(2)15-21(12-13-26-19)14-17(24)22-8-10-23(11-9-22)18(25)20-16-6-4-3-5-7-16/h3-7H,8-15H2,1-2H3,(H,20,25). The molecule has 0 saturated carbocycles. The first-order valence-electron chi connectivity index (χ1n) is 9.18. The fourth-order valence-electron chi connectivity index (χ4n) is 3.42. The van der Waals surface area contributed by atoms with Crippen molar-refractivity contribution < 1.29 is 14.3 Å². The summed E-state index contributed by atoms with van der Waals surface area (Å²) in [7, 11) is 0. The number of nitrogens with zero attached hydrogens (tertiary/aromatic N) is 3. The summed E-state index contributed by atoms with van der Waals surface area (Å²) in [6, 6.07) is 9.30. The number of carbonyl (C=O) groups is 2. The van der Waals surface area contributed by atoms with Crippen LogP contribution in [0.25, 0.3) is 0 Å². The van der Waals surface area contributed by atoms with Crippen molar-refractivity contribution >= 4 is 17.6 Å². The maximum atomic E-state index is 12.6. The van der Waals surface area contributed by atoms with Crippen molar-refractivity contribution in [2.24, 2.45) is 0 Å². The Labute approximate surface area is 154 Å². The van der Waals surface area contributed by atoms with Crippen LogP contribution in [0.4, 0.5) is 10.5 Å². The number of ether oxygens (including phenoxy) is 1. The Morgan fingerprint density at radius 2 is 1.69 bits per heavy atom. The fourth-order valence-corrected chi connectivity index (χ4v) is 3.42. The molecule has 26 heavy (non-hydrogen) atoms. The first kappa shape index (κ1) is 18.7. The predicted octanol–water partition coefficient (Wildman–Crippen LogP) is 1.47. The van der Waals surface area contributed by atoms with E-state index in [1.807, 2.05) is 49.1 Å². The number of amides is 3. The molecule has 2 aliphatic heterocycles. The Morgan fingerprint density at radius 1 is 1.04 bits per heavy atom. The van der Waals surface area contributed by atoms with Gasteiger partial charge in [-0.15, -0.1) is 0 Å². The van der Waals surface area contributed by atoms with Crippen LogP contribution < -0.4 is 5.32 Å². The summed E-state index contributed by atoms with van der Waals surface area (Å²) in [5.41, 5.74) is 0.582. The van der Waals surface area contributed by atoms with Crippen LogP contribution in [0.3, 0.4) is 0 Å². The predicted molar refractivity (Wildman–Crippen MR) is 100 cm³/mol. The van der Waals surface area contributed by atoms with E-state index in [1.165, 1.54) is 0 Å². The molecular weight excluding hydrogens is 332 g/mol. The zero-order valence-electron chi connectivity index (χ0n) is 15.6. The van der Waals surface area contributed by atoms with Crippen LogP contribution in [0.15, 0.2) is 30.3 Å². The second-order valence-electron chi connectivity index (χ2n) is 7.48. The molecule has 0 aliphatic carbocycles. The van der Waals surface area contributed by atoms with Crippen molar-refractivity contribution in [2.45, 2.75) is 19.4 Å². The topological polar surface area (TPSA) is 65.1 Å². The number of morpholine rings is 1. The van der Waals surface area contributed by atoms with E-state index in [9.17, 15) is 9.59 Å². The average molecular weight is 360 g/mol. The van der Waals surface area contributed by atoms with Crippen LogP contribution in [0.5, 0.6) is 0 Å². The molecule has 0 unspecified atom stereocenters. The smallest absolute Gasteiger partial charge is 0.321 e. The molecule has 1 aromatic rings. The molecule has 2 aliphatic rings. The Balaban J connectivity index is 1.44. The second kappa shape index (κ2) is 8.05. The number of anilines is 1. The summed E-state index contributed by atoms with van der Waals surface area (Å²) in [5, 5.41) is 2.89. The number of urea groups is 1. The van der Waals surface area contributed by atoms with Crippen LogP contribution >= 0.6 is 0 Å². The van der Waals surface area contributed by atoms with Crippen molar-refractivity contribution in [3.8, 4) is 0 Å². The number of hydrogen-bond acceptors (Lipinski definition) is 4. The van der Waals surface area contributed by atoms with Gasteiger partial charge in [0.05, 0.1) is 18.8 Å². The lowest BCUT2D eigenvalue weighted by atomic mass is 10.1. The Morgan fingerprint density at radius 3 is 2.35 bits per heavy atom. The van der Waals surface area contributed by atoms with Gasteiger partial charge in [0, 0.05) is 45.0 Å². The molecule has 0 atom stereocenters. The van der Waals surface area contributed by atoms with Crippen LogP contribution in [-0.2, 0) is 9.53 Å². The van der Waals surface area contributed by atoms with Crippen molar-refractivity contribution in [1.82, 2.24) is 14.7 Å². The van der Waals surface area contributed by atoms with Gasteiger partial charge in [0.1, 0.15) is 0 Å². The van der Waals surface area contributed by atoms with Crippen molar-refractivity contribution in [3.63, 3.8) is 0 Å². The maximum absolute atomic E-state index is 12.6. The van der Waals surface area contributed by atoms with Gasteiger partial charge in [-0.25, -0.2) is 4.79 Å². The third-order valence-electron chi connectivity index (χ3n) is 4.81. The van der Waals surface area contributed by atoms with E-state index in [0.29, 0.717) is 39.3 Å². The van der Waals surface area contributed by atoms with E-state index in [4.69, 9.17) is 4.74 Å².